The summed E-state index contributed by atoms with van der Waals surface area (Å²) in [6.45, 7) is 0. The summed E-state index contributed by atoms with van der Waals surface area (Å²) in [7, 11) is 0. The second-order valence-corrected chi connectivity index (χ2v) is 6.17. The average molecular weight is 343 g/mol. The Kier molecular flexibility index (Phi) is 3.82. The van der Waals surface area contributed by atoms with Crippen LogP contribution in [0, 0.1) is 0 Å². The Morgan fingerprint density at radius 2 is 1.92 bits per heavy atom. The molecule has 0 N–H and O–H groups in total. The average Bonchev–Trinajstić information content (AvgIpc) is 2.99. The summed E-state index contributed by atoms with van der Waals surface area (Å²) in [5.74, 6) is 0.810. The largest absolute Gasteiger partial charge is 0.856 e. The Morgan fingerprint density at radius 3 is 2.54 bits per heavy atom. The zero-order valence-electron chi connectivity index (χ0n) is 12.6. The number of halogens is 1. The van der Waals surface area contributed by atoms with Gasteiger partial charge in [-0.3, -0.25) is 0 Å². The number of hydrogen-bond acceptors (Lipinski definition) is 6. The summed E-state index contributed by atoms with van der Waals surface area (Å²) >= 11 is 5.90. The molecule has 3 aromatic rings. The van der Waals surface area contributed by atoms with Gasteiger partial charge in [-0.1, -0.05) is 28.9 Å². The molecule has 0 bridgehead atoms. The predicted molar refractivity (Wildman–Crippen MR) is 84.8 cm³/mol. The first-order chi connectivity index (χ1) is 11.7. The van der Waals surface area contributed by atoms with Gasteiger partial charge in [-0.25, -0.2) is 9.97 Å². The minimum Gasteiger partial charge on any atom is -0.856 e. The first-order valence-corrected chi connectivity index (χ1v) is 7.93. The van der Waals surface area contributed by atoms with Crippen LogP contribution in [0.2, 0.25) is 5.02 Å². The maximum Gasteiger partial charge on any atom is 0.232 e. The van der Waals surface area contributed by atoms with E-state index >= 15 is 0 Å². The molecule has 4 rings (SSSR count). The van der Waals surface area contributed by atoms with E-state index in [0.29, 0.717) is 23.3 Å². The number of rotatable bonds is 4. The Labute approximate surface area is 143 Å². The molecule has 1 aromatic carbocycles. The fourth-order valence-corrected chi connectivity index (χ4v) is 2.85. The normalized spacial score (nSPS) is 19.7. The summed E-state index contributed by atoms with van der Waals surface area (Å²) in [6, 6.07) is 9.20. The first-order valence-electron chi connectivity index (χ1n) is 7.55. The van der Waals surface area contributed by atoms with Crippen LogP contribution < -0.4 is 9.84 Å². The van der Waals surface area contributed by atoms with Gasteiger partial charge in [0.1, 0.15) is 11.8 Å². The Morgan fingerprint density at radius 1 is 1.12 bits per heavy atom. The highest BCUT2D eigenvalue weighted by Crippen LogP contribution is 2.39. The summed E-state index contributed by atoms with van der Waals surface area (Å²) in [5, 5.41) is 15.0. The van der Waals surface area contributed by atoms with Gasteiger partial charge in [0.25, 0.3) is 0 Å². The fraction of sp³-hybridized carbons (Fsp3) is 0.235. The van der Waals surface area contributed by atoms with Crippen LogP contribution in [0.3, 0.4) is 0 Å². The molecule has 0 aliphatic heterocycles. The molecule has 1 fully saturated rings. The highest BCUT2D eigenvalue weighted by Gasteiger charge is 2.32. The van der Waals surface area contributed by atoms with Crippen molar-refractivity contribution in [2.45, 2.75) is 24.9 Å². The number of benzene rings is 1. The van der Waals surface area contributed by atoms with E-state index in [9.17, 15) is 5.11 Å². The molecule has 2 heterocycles. The van der Waals surface area contributed by atoms with Gasteiger partial charge in [-0.05, 0) is 36.5 Å². The molecular formula is C17H13ClN3O3-. The highest BCUT2D eigenvalue weighted by atomic mass is 35.5. The minimum absolute atomic E-state index is 0.129. The van der Waals surface area contributed by atoms with Crippen molar-refractivity contribution in [3.63, 3.8) is 0 Å². The Hall–Kier alpha value is -2.60. The van der Waals surface area contributed by atoms with Gasteiger partial charge >= 0.3 is 0 Å². The third-order valence-corrected chi connectivity index (χ3v) is 4.34. The quantitative estimate of drug-likeness (QED) is 0.724. The maximum atomic E-state index is 11.0. The van der Waals surface area contributed by atoms with E-state index in [1.165, 1.54) is 24.0 Å². The molecule has 7 heteroatoms. The lowest BCUT2D eigenvalue weighted by Gasteiger charge is -2.35. The van der Waals surface area contributed by atoms with Crippen molar-refractivity contribution in [3.8, 4) is 23.2 Å². The topological polar surface area (TPSA) is 84.1 Å². The van der Waals surface area contributed by atoms with E-state index in [1.807, 2.05) is 12.1 Å². The molecule has 0 radical (unpaired) electrons. The zero-order chi connectivity index (χ0) is 16.5. The molecule has 6 nitrogen and oxygen atoms in total. The van der Waals surface area contributed by atoms with Crippen molar-refractivity contribution in [1.29, 1.82) is 0 Å². The molecule has 0 unspecified atom stereocenters. The smallest absolute Gasteiger partial charge is 0.232 e. The van der Waals surface area contributed by atoms with Crippen LogP contribution in [0.15, 0.2) is 47.2 Å². The van der Waals surface area contributed by atoms with Crippen molar-refractivity contribution < 1.29 is 14.4 Å². The lowest BCUT2D eigenvalue weighted by atomic mass is 9.77. The van der Waals surface area contributed by atoms with Crippen LogP contribution in [0.25, 0.3) is 11.5 Å². The van der Waals surface area contributed by atoms with Gasteiger partial charge < -0.3 is 14.4 Å². The molecule has 2 aromatic heterocycles. The van der Waals surface area contributed by atoms with Crippen LogP contribution in [-0.2, 0) is 0 Å². The monoisotopic (exact) mass is 342 g/mol. The van der Waals surface area contributed by atoms with Gasteiger partial charge in [0, 0.05) is 17.0 Å². The summed E-state index contributed by atoms with van der Waals surface area (Å²) in [6.07, 6.45) is 5.03. The van der Waals surface area contributed by atoms with Crippen LogP contribution in [0.4, 0.5) is 0 Å². The van der Waals surface area contributed by atoms with E-state index in [-0.39, 0.29) is 6.10 Å². The van der Waals surface area contributed by atoms with E-state index in [0.717, 1.165) is 17.9 Å². The SMILES string of the molecule is [O-]c1cc(-c2cnc(OC3CC(c4ccc(Cl)cc4)C3)cn2)on1. The third-order valence-electron chi connectivity index (χ3n) is 4.09. The van der Waals surface area contributed by atoms with Gasteiger partial charge in [-0.2, -0.15) is 0 Å². The first kappa shape index (κ1) is 15.0. The van der Waals surface area contributed by atoms with Gasteiger partial charge in [-0.15, -0.1) is 0 Å². The van der Waals surface area contributed by atoms with Crippen LogP contribution in [0.5, 0.6) is 11.8 Å². The number of nitrogens with zero attached hydrogens (tertiary/aromatic N) is 3. The second kappa shape index (κ2) is 6.13. The fourth-order valence-electron chi connectivity index (χ4n) is 2.72. The molecule has 0 spiro atoms. The van der Waals surface area contributed by atoms with Crippen molar-refractivity contribution in [2.24, 2.45) is 0 Å². The van der Waals surface area contributed by atoms with Gasteiger partial charge in [0.05, 0.1) is 12.4 Å². The van der Waals surface area contributed by atoms with E-state index in [4.69, 9.17) is 20.9 Å². The highest BCUT2D eigenvalue weighted by molar-refractivity contribution is 6.30. The number of ether oxygens (including phenoxy) is 1. The van der Waals surface area contributed by atoms with Gasteiger partial charge in [0.15, 0.2) is 5.76 Å². The van der Waals surface area contributed by atoms with Gasteiger partial charge in [0.2, 0.25) is 5.88 Å². The summed E-state index contributed by atoms with van der Waals surface area (Å²) < 4.78 is 10.7. The van der Waals surface area contributed by atoms with Crippen molar-refractivity contribution in [1.82, 2.24) is 15.1 Å². The second-order valence-electron chi connectivity index (χ2n) is 5.73. The molecule has 122 valence electrons. The van der Waals surface area contributed by atoms with E-state index < -0.39 is 5.88 Å². The molecule has 1 aliphatic carbocycles. The Bertz CT molecular complexity index is 827. The van der Waals surface area contributed by atoms with Crippen molar-refractivity contribution >= 4 is 11.6 Å². The number of aromatic nitrogens is 3. The molecule has 0 amide bonds. The van der Waals surface area contributed by atoms with E-state index in [1.54, 1.807) is 0 Å². The molecular weight excluding hydrogens is 330 g/mol. The van der Waals surface area contributed by atoms with Crippen LogP contribution in [0.1, 0.15) is 24.3 Å². The molecule has 0 atom stereocenters. The zero-order valence-corrected chi connectivity index (χ0v) is 13.3. The van der Waals surface area contributed by atoms with Crippen LogP contribution >= 0.6 is 11.6 Å². The molecule has 24 heavy (non-hydrogen) atoms. The molecule has 1 saturated carbocycles. The third kappa shape index (κ3) is 3.05. The van der Waals surface area contributed by atoms with Crippen molar-refractivity contribution in [3.05, 3.63) is 53.3 Å². The number of hydrogen-bond donors (Lipinski definition) is 0. The lowest BCUT2D eigenvalue weighted by molar-refractivity contribution is -0.277. The predicted octanol–water partition coefficient (Wildman–Crippen LogP) is 3.18. The summed E-state index contributed by atoms with van der Waals surface area (Å²) in [4.78, 5) is 8.39. The standard InChI is InChI=1S/C17H14ClN3O3/c18-12-3-1-10(2-4-12)11-5-13(6-11)23-17-9-19-14(8-20-17)15-7-16(22)21-24-15/h1-4,7-9,11,13H,5-6H2,(H,21,22)/p-1. The minimum atomic E-state index is -0.435. The summed E-state index contributed by atoms with van der Waals surface area (Å²) in [5.41, 5.74) is 1.73. The van der Waals surface area contributed by atoms with E-state index in [2.05, 4.69) is 27.3 Å². The molecule has 0 saturated heterocycles. The Balaban J connectivity index is 1.34. The molecule has 1 aliphatic rings. The maximum absolute atomic E-state index is 11.0. The van der Waals surface area contributed by atoms with Crippen LogP contribution in [-0.4, -0.2) is 21.2 Å². The lowest BCUT2D eigenvalue weighted by Crippen LogP contribution is -2.32. The van der Waals surface area contributed by atoms with Crippen molar-refractivity contribution in [2.75, 3.05) is 0 Å².